The molecule has 9 nitrogen and oxygen atoms in total. The first kappa shape index (κ1) is 20.5. The van der Waals surface area contributed by atoms with Gasteiger partial charge in [0.25, 0.3) is 10.0 Å². The van der Waals surface area contributed by atoms with Gasteiger partial charge in [-0.3, -0.25) is 14.3 Å². The van der Waals surface area contributed by atoms with Gasteiger partial charge >= 0.3 is 0 Å². The summed E-state index contributed by atoms with van der Waals surface area (Å²) in [6, 6.07) is 3.38. The Balaban J connectivity index is 1.50. The molecule has 2 amide bonds. The highest BCUT2D eigenvalue weighted by atomic mass is 32.2. The van der Waals surface area contributed by atoms with Gasteiger partial charge in [-0.15, -0.1) is 11.3 Å². The predicted molar refractivity (Wildman–Crippen MR) is 105 cm³/mol. The zero-order valence-corrected chi connectivity index (χ0v) is 17.1. The van der Waals surface area contributed by atoms with Gasteiger partial charge in [0.15, 0.2) is 0 Å². The lowest BCUT2D eigenvalue weighted by molar-refractivity contribution is -0.122. The summed E-state index contributed by atoms with van der Waals surface area (Å²) in [7, 11) is -2.34. The summed E-state index contributed by atoms with van der Waals surface area (Å²) in [5.41, 5.74) is 0.403. The number of hydrogen-bond donors (Lipinski definition) is 2. The number of hydrogen-bond acceptors (Lipinski definition) is 6. The zero-order chi connectivity index (χ0) is 20.1. The van der Waals surface area contributed by atoms with Gasteiger partial charge in [0.1, 0.15) is 10.8 Å². The first-order chi connectivity index (χ1) is 13.3. The van der Waals surface area contributed by atoms with Crippen molar-refractivity contribution in [3.8, 4) is 0 Å². The van der Waals surface area contributed by atoms with Crippen LogP contribution >= 0.6 is 11.3 Å². The third kappa shape index (κ3) is 5.18. The molecule has 2 heterocycles. The van der Waals surface area contributed by atoms with Crippen molar-refractivity contribution in [2.24, 2.45) is 0 Å². The Bertz CT molecular complexity index is 917. The normalized spacial score (nSPS) is 15.1. The molecule has 2 N–H and O–H groups in total. The van der Waals surface area contributed by atoms with E-state index >= 15 is 0 Å². The van der Waals surface area contributed by atoms with E-state index in [0.717, 1.165) is 41.3 Å². The maximum absolute atomic E-state index is 12.3. The Kier molecular flexibility index (Phi) is 6.47. The van der Waals surface area contributed by atoms with Crippen molar-refractivity contribution in [2.45, 2.75) is 42.5 Å². The molecule has 1 aliphatic carbocycles. The number of carbonyl (C=O) groups is 2. The van der Waals surface area contributed by atoms with Gasteiger partial charge < -0.3 is 10.6 Å². The van der Waals surface area contributed by atoms with Crippen LogP contribution < -0.4 is 10.6 Å². The van der Waals surface area contributed by atoms with Crippen LogP contribution in [0.1, 0.15) is 25.7 Å². The summed E-state index contributed by atoms with van der Waals surface area (Å²) in [5.74, 6) is -0.604. The molecule has 3 rings (SSSR count). The molecule has 28 heavy (non-hydrogen) atoms. The minimum atomic E-state index is -3.69. The number of thiophene rings is 1. The Morgan fingerprint density at radius 1 is 1.32 bits per heavy atom. The number of aromatic nitrogens is 2. The van der Waals surface area contributed by atoms with Crippen molar-refractivity contribution >= 4 is 38.9 Å². The highest BCUT2D eigenvalue weighted by molar-refractivity contribution is 7.91. The third-order valence-electron chi connectivity index (χ3n) is 4.47. The summed E-state index contributed by atoms with van der Waals surface area (Å²) in [6.45, 7) is -0.257. The quantitative estimate of drug-likeness (QED) is 0.661. The summed E-state index contributed by atoms with van der Waals surface area (Å²) < 4.78 is 27.3. The van der Waals surface area contributed by atoms with Gasteiger partial charge in [0, 0.05) is 19.3 Å². The summed E-state index contributed by atoms with van der Waals surface area (Å²) in [4.78, 5) is 24.2. The maximum atomic E-state index is 12.3. The van der Waals surface area contributed by atoms with Crippen molar-refractivity contribution in [2.75, 3.05) is 18.9 Å². The summed E-state index contributed by atoms with van der Waals surface area (Å²) in [6.07, 6.45) is 7.26. The fourth-order valence-corrected chi connectivity index (χ4v) is 5.38. The largest absolute Gasteiger partial charge is 0.352 e. The molecule has 0 saturated heterocycles. The van der Waals surface area contributed by atoms with Gasteiger partial charge in [0.05, 0.1) is 18.4 Å². The van der Waals surface area contributed by atoms with E-state index in [1.54, 1.807) is 17.6 Å². The highest BCUT2D eigenvalue weighted by Gasteiger charge is 2.24. The number of rotatable bonds is 8. The molecule has 2 aromatic rings. The molecule has 0 bridgehead atoms. The number of amides is 2. The van der Waals surface area contributed by atoms with E-state index in [2.05, 4.69) is 15.7 Å². The Hall–Kier alpha value is -2.24. The highest BCUT2D eigenvalue weighted by Crippen LogP contribution is 2.20. The van der Waals surface area contributed by atoms with Crippen molar-refractivity contribution in [3.05, 3.63) is 29.9 Å². The van der Waals surface area contributed by atoms with E-state index in [-0.39, 0.29) is 29.2 Å². The van der Waals surface area contributed by atoms with Gasteiger partial charge in [0.2, 0.25) is 11.8 Å². The van der Waals surface area contributed by atoms with Crippen molar-refractivity contribution in [1.29, 1.82) is 0 Å². The average molecular weight is 426 g/mol. The van der Waals surface area contributed by atoms with Gasteiger partial charge in [-0.2, -0.15) is 9.40 Å². The standard InChI is InChI=1S/C17H23N5O4S2/c1-21(28(25,26)17-7-4-8-27-17)11-15(23)20-14-9-18-22(10-14)12-16(24)19-13-5-2-3-6-13/h4,7-10,13H,2-3,5-6,11-12H2,1H3,(H,19,24)(H,20,23). The van der Waals surface area contributed by atoms with E-state index in [1.807, 2.05) is 0 Å². The maximum Gasteiger partial charge on any atom is 0.252 e. The first-order valence-electron chi connectivity index (χ1n) is 8.96. The van der Waals surface area contributed by atoms with Crippen LogP contribution in [0.2, 0.25) is 0 Å². The molecule has 11 heteroatoms. The number of carbonyl (C=O) groups excluding carboxylic acids is 2. The number of nitrogens with zero attached hydrogens (tertiary/aromatic N) is 3. The average Bonchev–Trinajstić information content (AvgIpc) is 3.37. The monoisotopic (exact) mass is 425 g/mol. The molecule has 2 aromatic heterocycles. The second-order valence-electron chi connectivity index (χ2n) is 6.72. The van der Waals surface area contributed by atoms with E-state index in [4.69, 9.17) is 0 Å². The minimum absolute atomic E-state index is 0.0685. The van der Waals surface area contributed by atoms with E-state index < -0.39 is 15.9 Å². The van der Waals surface area contributed by atoms with Crippen LogP contribution in [-0.4, -0.2) is 54.0 Å². The molecule has 1 fully saturated rings. The van der Waals surface area contributed by atoms with Crippen molar-refractivity contribution in [3.63, 3.8) is 0 Å². The lowest BCUT2D eigenvalue weighted by atomic mass is 10.2. The summed E-state index contributed by atoms with van der Waals surface area (Å²) >= 11 is 1.10. The number of sulfonamides is 1. The van der Waals surface area contributed by atoms with Crippen LogP contribution in [0.15, 0.2) is 34.1 Å². The minimum Gasteiger partial charge on any atom is -0.352 e. The molecule has 152 valence electrons. The molecule has 0 spiro atoms. The van der Waals surface area contributed by atoms with Gasteiger partial charge in [-0.25, -0.2) is 8.42 Å². The third-order valence-corrected chi connectivity index (χ3v) is 7.65. The second kappa shape index (κ2) is 8.84. The topological polar surface area (TPSA) is 113 Å². The van der Waals surface area contributed by atoms with Crippen molar-refractivity contribution < 1.29 is 18.0 Å². The fraction of sp³-hybridized carbons (Fsp3) is 0.471. The lowest BCUT2D eigenvalue weighted by Crippen LogP contribution is -2.35. The molecule has 0 aromatic carbocycles. The first-order valence-corrected chi connectivity index (χ1v) is 11.3. The SMILES string of the molecule is CN(CC(=O)Nc1cnn(CC(=O)NC2CCCC2)c1)S(=O)(=O)c1cccs1. The number of nitrogens with one attached hydrogen (secondary N) is 2. The molecule has 0 unspecified atom stereocenters. The molecular weight excluding hydrogens is 402 g/mol. The number of anilines is 1. The Labute approximate surface area is 167 Å². The van der Waals surface area contributed by atoms with E-state index in [0.29, 0.717) is 5.69 Å². The molecule has 0 atom stereocenters. The molecule has 0 aliphatic heterocycles. The molecular formula is C17H23N5O4S2. The van der Waals surface area contributed by atoms with Crippen LogP contribution in [0.4, 0.5) is 5.69 Å². The smallest absolute Gasteiger partial charge is 0.252 e. The Morgan fingerprint density at radius 2 is 2.07 bits per heavy atom. The van der Waals surface area contributed by atoms with Crippen LogP contribution in [0.25, 0.3) is 0 Å². The van der Waals surface area contributed by atoms with Crippen LogP contribution in [0.3, 0.4) is 0 Å². The molecule has 1 saturated carbocycles. The Morgan fingerprint density at radius 3 is 2.75 bits per heavy atom. The van der Waals surface area contributed by atoms with E-state index in [9.17, 15) is 18.0 Å². The lowest BCUT2D eigenvalue weighted by Gasteiger charge is -2.15. The van der Waals surface area contributed by atoms with Crippen LogP contribution in [0, 0.1) is 0 Å². The van der Waals surface area contributed by atoms with Crippen molar-refractivity contribution in [1.82, 2.24) is 19.4 Å². The van der Waals surface area contributed by atoms with E-state index in [1.165, 1.54) is 24.0 Å². The number of likely N-dealkylation sites (N-methyl/N-ethyl adjacent to an activating group) is 1. The fourth-order valence-electron chi connectivity index (χ4n) is 3.06. The van der Waals surface area contributed by atoms with Crippen LogP contribution in [-0.2, 0) is 26.2 Å². The summed E-state index contributed by atoms with van der Waals surface area (Å²) in [5, 5.41) is 11.3. The molecule has 1 aliphatic rings. The predicted octanol–water partition coefficient (Wildman–Crippen LogP) is 1.26. The zero-order valence-electron chi connectivity index (χ0n) is 15.5. The van der Waals surface area contributed by atoms with Gasteiger partial charge in [-0.1, -0.05) is 18.9 Å². The van der Waals surface area contributed by atoms with Crippen LogP contribution in [0.5, 0.6) is 0 Å². The second-order valence-corrected chi connectivity index (χ2v) is 9.94. The molecule has 0 radical (unpaired) electrons. The van der Waals surface area contributed by atoms with Gasteiger partial charge in [-0.05, 0) is 24.3 Å².